The van der Waals surface area contributed by atoms with E-state index in [1.54, 1.807) is 0 Å². The molecule has 0 saturated heterocycles. The van der Waals surface area contributed by atoms with E-state index in [1.807, 2.05) is 0 Å². The zero-order valence-corrected chi connectivity index (χ0v) is 10.7. The summed E-state index contributed by atoms with van der Waals surface area (Å²) in [6.45, 7) is 0. The van der Waals surface area contributed by atoms with Gasteiger partial charge in [0.15, 0.2) is 11.5 Å². The number of hydrogen-bond donors (Lipinski definition) is 1. The predicted molar refractivity (Wildman–Crippen MR) is 70.4 cm³/mol. The molecule has 3 aromatic rings. The van der Waals surface area contributed by atoms with Crippen molar-refractivity contribution in [2.45, 2.75) is 0 Å². The Balaban J connectivity index is 2.21. The lowest BCUT2D eigenvalue weighted by atomic mass is 10.2. The maximum Gasteiger partial charge on any atom is 0.335 e. The molecule has 0 bridgehead atoms. The summed E-state index contributed by atoms with van der Waals surface area (Å²) in [6.07, 6.45) is 1.45. The summed E-state index contributed by atoms with van der Waals surface area (Å²) >= 11 is 5.95. The summed E-state index contributed by atoms with van der Waals surface area (Å²) in [5.74, 6) is -1.50. The minimum absolute atomic E-state index is 0.0797. The minimum atomic E-state index is -1.07. The van der Waals surface area contributed by atoms with Crippen LogP contribution < -0.4 is 0 Å². The average Bonchev–Trinajstić information content (AvgIpc) is 2.80. The second kappa shape index (κ2) is 4.57. The van der Waals surface area contributed by atoms with Gasteiger partial charge in [0.2, 0.25) is 0 Å². The van der Waals surface area contributed by atoms with Crippen molar-refractivity contribution < 1.29 is 14.3 Å². The zero-order chi connectivity index (χ0) is 14.3. The highest BCUT2D eigenvalue weighted by atomic mass is 35.5. The zero-order valence-electron chi connectivity index (χ0n) is 9.92. The number of carbonyl (C=O) groups is 1. The fourth-order valence-electron chi connectivity index (χ4n) is 1.83. The van der Waals surface area contributed by atoms with Gasteiger partial charge >= 0.3 is 5.97 Å². The molecule has 2 aromatic heterocycles. The Morgan fingerprint density at radius 1 is 1.35 bits per heavy atom. The Bertz CT molecular complexity index is 811. The highest BCUT2D eigenvalue weighted by molar-refractivity contribution is 6.33. The molecule has 2 heterocycles. The van der Waals surface area contributed by atoms with Crippen molar-refractivity contribution in [1.82, 2.24) is 14.6 Å². The fraction of sp³-hybridized carbons (Fsp3) is 0. The summed E-state index contributed by atoms with van der Waals surface area (Å²) in [6, 6.07) is 7.02. The van der Waals surface area contributed by atoms with Crippen molar-refractivity contribution in [1.29, 1.82) is 0 Å². The first-order valence-electron chi connectivity index (χ1n) is 5.60. The molecule has 0 aliphatic heterocycles. The topological polar surface area (TPSA) is 67.5 Å². The number of benzene rings is 1. The first-order chi connectivity index (χ1) is 9.56. The first kappa shape index (κ1) is 12.6. The van der Waals surface area contributed by atoms with Crippen LogP contribution in [0.4, 0.5) is 4.39 Å². The smallest absolute Gasteiger partial charge is 0.335 e. The number of aromatic nitrogens is 3. The molecule has 0 amide bonds. The van der Waals surface area contributed by atoms with Crippen molar-refractivity contribution in [3.63, 3.8) is 0 Å². The Kier molecular flexibility index (Phi) is 2.87. The van der Waals surface area contributed by atoms with Crippen molar-refractivity contribution >= 4 is 23.2 Å². The van der Waals surface area contributed by atoms with Crippen LogP contribution in [0.3, 0.4) is 0 Å². The third-order valence-corrected chi connectivity index (χ3v) is 3.09. The lowest BCUT2D eigenvalue weighted by Crippen LogP contribution is -1.97. The molecular weight excluding hydrogens is 285 g/mol. The average molecular weight is 292 g/mol. The van der Waals surface area contributed by atoms with Crippen LogP contribution in [0.5, 0.6) is 0 Å². The van der Waals surface area contributed by atoms with Crippen LogP contribution in [0.2, 0.25) is 5.02 Å². The lowest BCUT2D eigenvalue weighted by molar-refractivity contribution is 0.0697. The second-order valence-electron chi connectivity index (χ2n) is 4.06. The molecule has 0 aliphatic rings. The number of hydrogen-bond acceptors (Lipinski definition) is 3. The molecule has 0 saturated carbocycles. The van der Waals surface area contributed by atoms with Gasteiger partial charge in [-0.25, -0.2) is 18.7 Å². The van der Waals surface area contributed by atoms with Crippen LogP contribution in [0, 0.1) is 5.82 Å². The number of fused-ring (bicyclic) bond motifs is 1. The maximum atomic E-state index is 13.8. The van der Waals surface area contributed by atoms with E-state index in [9.17, 15) is 9.18 Å². The first-order valence-corrected chi connectivity index (χ1v) is 5.98. The van der Waals surface area contributed by atoms with Crippen molar-refractivity contribution in [3.05, 3.63) is 52.9 Å². The Morgan fingerprint density at radius 2 is 2.15 bits per heavy atom. The number of rotatable bonds is 2. The normalized spacial score (nSPS) is 10.9. The van der Waals surface area contributed by atoms with Crippen LogP contribution in [0.1, 0.15) is 10.4 Å². The van der Waals surface area contributed by atoms with Crippen LogP contribution in [0.25, 0.3) is 17.0 Å². The summed E-state index contributed by atoms with van der Waals surface area (Å²) in [5.41, 5.74) is 0.477. The molecule has 1 aromatic carbocycles. The molecule has 7 heteroatoms. The Labute approximate surface area is 117 Å². The Morgan fingerprint density at radius 3 is 2.85 bits per heavy atom. The van der Waals surface area contributed by atoms with Gasteiger partial charge in [-0.05, 0) is 24.3 Å². The van der Waals surface area contributed by atoms with Crippen molar-refractivity contribution in [3.8, 4) is 11.4 Å². The molecule has 0 unspecified atom stereocenters. The van der Waals surface area contributed by atoms with Gasteiger partial charge in [0.25, 0.3) is 0 Å². The second-order valence-corrected chi connectivity index (χ2v) is 4.46. The molecule has 100 valence electrons. The number of carboxylic acid groups (broad SMARTS) is 1. The number of aromatic carboxylic acids is 1. The van der Waals surface area contributed by atoms with Crippen molar-refractivity contribution in [2.75, 3.05) is 0 Å². The van der Waals surface area contributed by atoms with Gasteiger partial charge in [-0.2, -0.15) is 0 Å². The molecule has 3 rings (SSSR count). The SMILES string of the molecule is O=C(O)c1ccn2nc(-c3c(F)cccc3Cl)nc2c1. The standard InChI is InChI=1S/C13H7ClFN3O2/c14-8-2-1-3-9(15)11(8)12-16-10-6-7(13(19)20)4-5-18(10)17-12/h1-6H,(H,19,20). The van der Waals surface area contributed by atoms with Gasteiger partial charge in [0.05, 0.1) is 16.1 Å². The summed E-state index contributed by atoms with van der Waals surface area (Å²) in [7, 11) is 0. The van der Waals surface area contributed by atoms with E-state index in [1.165, 1.54) is 41.0 Å². The van der Waals surface area contributed by atoms with E-state index >= 15 is 0 Å². The van der Waals surface area contributed by atoms with Gasteiger partial charge in [-0.15, -0.1) is 5.10 Å². The molecule has 0 aliphatic carbocycles. The van der Waals surface area contributed by atoms with Gasteiger partial charge in [0.1, 0.15) is 5.82 Å². The van der Waals surface area contributed by atoms with Gasteiger partial charge < -0.3 is 5.11 Å². The van der Waals surface area contributed by atoms with Crippen molar-refractivity contribution in [2.24, 2.45) is 0 Å². The van der Waals surface area contributed by atoms with Crippen LogP contribution in [-0.2, 0) is 0 Å². The van der Waals surface area contributed by atoms with E-state index in [4.69, 9.17) is 16.7 Å². The lowest BCUT2D eigenvalue weighted by Gasteiger charge is -1.99. The van der Waals surface area contributed by atoms with Crippen LogP contribution >= 0.6 is 11.6 Å². The molecule has 0 radical (unpaired) electrons. The monoisotopic (exact) mass is 291 g/mol. The molecule has 0 spiro atoms. The maximum absolute atomic E-state index is 13.8. The number of halogens is 2. The van der Waals surface area contributed by atoms with E-state index < -0.39 is 11.8 Å². The highest BCUT2D eigenvalue weighted by Crippen LogP contribution is 2.28. The summed E-state index contributed by atoms with van der Waals surface area (Å²) in [5, 5.41) is 13.2. The van der Waals surface area contributed by atoms with Crippen LogP contribution in [0.15, 0.2) is 36.5 Å². The summed E-state index contributed by atoms with van der Waals surface area (Å²) in [4.78, 5) is 15.0. The number of nitrogens with zero attached hydrogens (tertiary/aromatic N) is 3. The van der Waals surface area contributed by atoms with Crippen LogP contribution in [-0.4, -0.2) is 25.7 Å². The molecular formula is C13H7ClFN3O2. The van der Waals surface area contributed by atoms with Gasteiger partial charge in [-0.1, -0.05) is 17.7 Å². The van der Waals surface area contributed by atoms with E-state index in [0.717, 1.165) is 0 Å². The largest absolute Gasteiger partial charge is 0.478 e. The molecule has 0 fully saturated rings. The minimum Gasteiger partial charge on any atom is -0.478 e. The predicted octanol–water partition coefficient (Wildman–Crippen LogP) is 2.89. The van der Waals surface area contributed by atoms with E-state index in [0.29, 0.717) is 5.65 Å². The quantitative estimate of drug-likeness (QED) is 0.788. The summed E-state index contributed by atoms with van der Waals surface area (Å²) < 4.78 is 15.2. The molecule has 1 N–H and O–H groups in total. The Hall–Kier alpha value is -2.47. The number of pyridine rings is 1. The number of carboxylic acids is 1. The molecule has 0 atom stereocenters. The molecule has 20 heavy (non-hydrogen) atoms. The fourth-order valence-corrected chi connectivity index (χ4v) is 2.08. The molecule has 5 nitrogen and oxygen atoms in total. The van der Waals surface area contributed by atoms with Gasteiger partial charge in [-0.3, -0.25) is 0 Å². The third kappa shape index (κ3) is 2.00. The third-order valence-electron chi connectivity index (χ3n) is 2.77. The van der Waals surface area contributed by atoms with E-state index in [-0.39, 0.29) is 22.0 Å². The van der Waals surface area contributed by atoms with Gasteiger partial charge in [0, 0.05) is 6.20 Å². The highest BCUT2D eigenvalue weighted by Gasteiger charge is 2.15. The van der Waals surface area contributed by atoms with E-state index in [2.05, 4.69) is 10.1 Å².